The highest BCUT2D eigenvalue weighted by Gasteiger charge is 2.33. The highest BCUT2D eigenvalue weighted by Crippen LogP contribution is 2.42. The second-order valence-electron chi connectivity index (χ2n) is 7.03. The summed E-state index contributed by atoms with van der Waals surface area (Å²) in [5, 5.41) is 16.6. The molecule has 1 aliphatic carbocycles. The first-order valence-corrected chi connectivity index (χ1v) is 9.19. The number of nitrogens with zero attached hydrogens (tertiary/aromatic N) is 2. The summed E-state index contributed by atoms with van der Waals surface area (Å²) in [5.41, 5.74) is 2.77. The molecule has 3 rings (SSSR count). The van der Waals surface area contributed by atoms with Gasteiger partial charge < -0.3 is 15.2 Å². The Morgan fingerprint density at radius 1 is 1.37 bits per heavy atom. The van der Waals surface area contributed by atoms with E-state index >= 15 is 0 Å². The number of anilines is 1. The number of hydrogen-bond donors (Lipinski definition) is 2. The number of aromatic nitrogens is 2. The lowest BCUT2D eigenvalue weighted by Gasteiger charge is -2.15. The van der Waals surface area contributed by atoms with Crippen molar-refractivity contribution in [2.75, 3.05) is 12.4 Å². The van der Waals surface area contributed by atoms with Crippen LogP contribution in [0.5, 0.6) is 0 Å². The van der Waals surface area contributed by atoms with Gasteiger partial charge in [0.1, 0.15) is 0 Å². The van der Waals surface area contributed by atoms with Crippen LogP contribution in [0.25, 0.3) is 0 Å². The molecule has 2 aromatic rings. The maximum absolute atomic E-state index is 12.9. The van der Waals surface area contributed by atoms with Gasteiger partial charge in [0.05, 0.1) is 29.6 Å². The number of amides is 1. The zero-order valence-corrected chi connectivity index (χ0v) is 15.9. The maximum Gasteiger partial charge on any atom is 0.335 e. The Bertz CT molecular complexity index is 855. The van der Waals surface area contributed by atoms with Crippen LogP contribution >= 0.6 is 0 Å². The molecule has 0 bridgehead atoms. The Morgan fingerprint density at radius 3 is 2.70 bits per heavy atom. The zero-order valence-electron chi connectivity index (χ0n) is 15.9. The van der Waals surface area contributed by atoms with Crippen LogP contribution in [-0.2, 0) is 11.3 Å². The van der Waals surface area contributed by atoms with Gasteiger partial charge in [0, 0.05) is 24.8 Å². The van der Waals surface area contributed by atoms with Gasteiger partial charge in [-0.15, -0.1) is 0 Å². The predicted octanol–water partition coefficient (Wildman–Crippen LogP) is 3.83. The summed E-state index contributed by atoms with van der Waals surface area (Å²) in [4.78, 5) is 24.3. The molecule has 1 aliphatic rings. The van der Waals surface area contributed by atoms with Crippen molar-refractivity contribution in [1.29, 1.82) is 0 Å². The van der Waals surface area contributed by atoms with Gasteiger partial charge in [-0.3, -0.25) is 9.48 Å². The van der Waals surface area contributed by atoms with Crippen LogP contribution < -0.4 is 5.32 Å². The van der Waals surface area contributed by atoms with E-state index in [1.165, 1.54) is 19.2 Å². The fraction of sp³-hybridized carbons (Fsp3) is 0.450. The first kappa shape index (κ1) is 19.1. The molecule has 1 fully saturated rings. The van der Waals surface area contributed by atoms with Crippen LogP contribution in [0, 0.1) is 0 Å². The summed E-state index contributed by atoms with van der Waals surface area (Å²) < 4.78 is 7.04. The second kappa shape index (κ2) is 7.92. The average molecular weight is 371 g/mol. The molecule has 0 radical (unpaired) electrons. The van der Waals surface area contributed by atoms with Gasteiger partial charge in [-0.1, -0.05) is 6.92 Å². The van der Waals surface area contributed by atoms with E-state index < -0.39 is 5.97 Å². The summed E-state index contributed by atoms with van der Waals surface area (Å²) in [7, 11) is 1.54. The molecule has 1 heterocycles. The number of carbonyl (C=O) groups excluding carboxylic acids is 1. The van der Waals surface area contributed by atoms with E-state index in [0.717, 1.165) is 25.0 Å². The molecular formula is C20H25N3O4. The maximum atomic E-state index is 12.9. The Hall–Kier alpha value is -2.67. The smallest absolute Gasteiger partial charge is 0.335 e. The van der Waals surface area contributed by atoms with Crippen LogP contribution in [0.3, 0.4) is 0 Å². The molecular weight excluding hydrogens is 346 g/mol. The van der Waals surface area contributed by atoms with Gasteiger partial charge in [-0.25, -0.2) is 4.79 Å². The van der Waals surface area contributed by atoms with Gasteiger partial charge >= 0.3 is 5.97 Å². The number of aromatic carboxylic acids is 1. The summed E-state index contributed by atoms with van der Waals surface area (Å²) in [6, 6.07) is 4.95. The molecule has 0 aliphatic heterocycles. The molecule has 1 atom stereocenters. The Kier molecular flexibility index (Phi) is 5.60. The SMILES string of the molecule is CCC(C)n1ncc(C(=O)Nc2cc(COC)cc(C(=O)O)c2)c1C1CC1. The number of carboxylic acids is 1. The molecule has 1 aromatic carbocycles. The molecule has 7 heteroatoms. The first-order valence-electron chi connectivity index (χ1n) is 9.19. The molecule has 2 N–H and O–H groups in total. The van der Waals surface area contributed by atoms with Crippen LogP contribution in [0.2, 0.25) is 0 Å². The molecule has 0 spiro atoms. The summed E-state index contributed by atoms with van der Waals surface area (Å²) in [5.74, 6) is -0.944. The van der Waals surface area contributed by atoms with Crippen molar-refractivity contribution >= 4 is 17.6 Å². The van der Waals surface area contributed by atoms with Crippen molar-refractivity contribution in [2.24, 2.45) is 0 Å². The third kappa shape index (κ3) is 4.19. The number of carbonyl (C=O) groups is 2. The van der Waals surface area contributed by atoms with Gasteiger partial charge in [0.15, 0.2) is 0 Å². The number of ether oxygens (including phenoxy) is 1. The minimum absolute atomic E-state index is 0.109. The fourth-order valence-corrected chi connectivity index (χ4v) is 3.17. The van der Waals surface area contributed by atoms with E-state index in [4.69, 9.17) is 4.74 Å². The topological polar surface area (TPSA) is 93.5 Å². The lowest BCUT2D eigenvalue weighted by Crippen LogP contribution is -2.16. The van der Waals surface area contributed by atoms with Crippen LogP contribution in [-0.4, -0.2) is 33.9 Å². The molecule has 1 aromatic heterocycles. The summed E-state index contributed by atoms with van der Waals surface area (Å²) in [6.45, 7) is 4.45. The number of rotatable bonds is 8. The molecule has 0 saturated heterocycles. The van der Waals surface area contributed by atoms with Gasteiger partial charge in [0.25, 0.3) is 5.91 Å². The minimum atomic E-state index is -1.05. The molecule has 7 nitrogen and oxygen atoms in total. The van der Waals surface area contributed by atoms with Crippen molar-refractivity contribution in [3.05, 3.63) is 46.8 Å². The summed E-state index contributed by atoms with van der Waals surface area (Å²) in [6.07, 6.45) is 4.68. The van der Waals surface area contributed by atoms with Crippen molar-refractivity contribution < 1.29 is 19.4 Å². The average Bonchev–Trinajstić information content (AvgIpc) is 3.38. The van der Waals surface area contributed by atoms with Gasteiger partial charge in [-0.2, -0.15) is 5.10 Å². The minimum Gasteiger partial charge on any atom is -0.478 e. The Balaban J connectivity index is 1.90. The molecule has 144 valence electrons. The highest BCUT2D eigenvalue weighted by molar-refractivity contribution is 6.05. The van der Waals surface area contributed by atoms with Crippen LogP contribution in [0.1, 0.15) is 77.0 Å². The lowest BCUT2D eigenvalue weighted by molar-refractivity contribution is 0.0696. The van der Waals surface area contributed by atoms with E-state index in [-0.39, 0.29) is 24.1 Å². The Morgan fingerprint density at radius 2 is 2.11 bits per heavy atom. The normalized spacial score (nSPS) is 14.8. The number of carboxylic acid groups (broad SMARTS) is 1. The third-order valence-corrected chi connectivity index (χ3v) is 4.86. The summed E-state index contributed by atoms with van der Waals surface area (Å²) >= 11 is 0. The molecule has 1 saturated carbocycles. The van der Waals surface area contributed by atoms with Crippen LogP contribution in [0.4, 0.5) is 5.69 Å². The number of methoxy groups -OCH3 is 1. The second-order valence-corrected chi connectivity index (χ2v) is 7.03. The van der Waals surface area contributed by atoms with Gasteiger partial charge in [0.2, 0.25) is 0 Å². The van der Waals surface area contributed by atoms with E-state index in [9.17, 15) is 14.7 Å². The molecule has 1 amide bonds. The first-order chi connectivity index (χ1) is 12.9. The van der Waals surface area contributed by atoms with E-state index in [2.05, 4.69) is 24.3 Å². The quantitative estimate of drug-likeness (QED) is 0.735. The van der Waals surface area contributed by atoms with Crippen molar-refractivity contribution in [3.8, 4) is 0 Å². The highest BCUT2D eigenvalue weighted by atomic mass is 16.5. The standard InChI is InChI=1S/C20H25N3O4/c1-4-12(2)23-18(14-5-6-14)17(10-21-23)19(24)22-16-8-13(11-27-3)7-15(9-16)20(25)26/h7-10,12,14H,4-6,11H2,1-3H3,(H,22,24)(H,25,26). The van der Waals surface area contributed by atoms with E-state index in [1.54, 1.807) is 12.3 Å². The largest absolute Gasteiger partial charge is 0.478 e. The van der Waals surface area contributed by atoms with E-state index in [1.807, 2.05) is 4.68 Å². The monoisotopic (exact) mass is 371 g/mol. The fourth-order valence-electron chi connectivity index (χ4n) is 3.17. The van der Waals surface area contributed by atoms with E-state index in [0.29, 0.717) is 22.7 Å². The van der Waals surface area contributed by atoms with Crippen molar-refractivity contribution in [3.63, 3.8) is 0 Å². The van der Waals surface area contributed by atoms with Crippen LogP contribution in [0.15, 0.2) is 24.4 Å². The van der Waals surface area contributed by atoms with Crippen molar-refractivity contribution in [1.82, 2.24) is 9.78 Å². The Labute approximate surface area is 158 Å². The molecule has 27 heavy (non-hydrogen) atoms. The van der Waals surface area contributed by atoms with Crippen molar-refractivity contribution in [2.45, 2.75) is 51.7 Å². The lowest BCUT2D eigenvalue weighted by atomic mass is 10.1. The number of hydrogen-bond acceptors (Lipinski definition) is 4. The third-order valence-electron chi connectivity index (χ3n) is 4.86. The zero-order chi connectivity index (χ0) is 19.6. The number of benzene rings is 1. The van der Waals surface area contributed by atoms with Gasteiger partial charge in [-0.05, 0) is 49.9 Å². The molecule has 1 unspecified atom stereocenters. The number of nitrogens with one attached hydrogen (secondary N) is 1. The predicted molar refractivity (Wildman–Crippen MR) is 101 cm³/mol.